The third-order valence-electron chi connectivity index (χ3n) is 6.69. The van der Waals surface area contributed by atoms with Crippen molar-refractivity contribution in [2.75, 3.05) is 25.5 Å². The lowest BCUT2D eigenvalue weighted by molar-refractivity contribution is 0.0473. The van der Waals surface area contributed by atoms with Gasteiger partial charge in [-0.25, -0.2) is 14.2 Å². The molecule has 3 aromatic rings. The Hall–Kier alpha value is -4.19. The molecule has 3 amide bonds. The number of anilines is 1. The number of benzene rings is 2. The number of carbonyl (C=O) groups excluding carboxylic acids is 3. The van der Waals surface area contributed by atoms with Crippen LogP contribution in [0.2, 0.25) is 5.02 Å². The summed E-state index contributed by atoms with van der Waals surface area (Å²) in [5.41, 5.74) is 0.0829. The second-order valence-electron chi connectivity index (χ2n) is 10.8. The van der Waals surface area contributed by atoms with E-state index in [1.54, 1.807) is 25.7 Å². The molecule has 2 heterocycles. The number of rotatable bonds is 6. The predicted octanol–water partition coefficient (Wildman–Crippen LogP) is 5.41. The van der Waals surface area contributed by atoms with Crippen LogP contribution in [0, 0.1) is 11.6 Å². The van der Waals surface area contributed by atoms with Gasteiger partial charge >= 0.3 is 6.09 Å². The number of nitrogens with one attached hydrogen (secondary N) is 2. The van der Waals surface area contributed by atoms with Gasteiger partial charge in [0, 0.05) is 37.4 Å². The molecule has 1 fully saturated rings. The number of hydrogen-bond donors (Lipinski definition) is 2. The molecule has 4 rings (SSSR count). The normalized spacial score (nSPS) is 14.0. The lowest BCUT2D eigenvalue weighted by Gasteiger charge is -2.33. The first-order chi connectivity index (χ1) is 19.8. The summed E-state index contributed by atoms with van der Waals surface area (Å²) >= 11 is 6.42. The van der Waals surface area contributed by atoms with Gasteiger partial charge in [0.25, 0.3) is 11.8 Å². The van der Waals surface area contributed by atoms with E-state index in [9.17, 15) is 23.2 Å². The number of likely N-dealkylation sites (tertiary alicyclic amines) is 1. The number of aromatic nitrogens is 2. The molecule has 0 atom stereocenters. The predicted molar refractivity (Wildman–Crippen MR) is 153 cm³/mol. The molecule has 1 aliphatic heterocycles. The van der Waals surface area contributed by atoms with Gasteiger partial charge in [0.05, 0.1) is 29.6 Å². The van der Waals surface area contributed by atoms with Crippen LogP contribution in [-0.2, 0) is 11.8 Å². The van der Waals surface area contributed by atoms with Crippen LogP contribution >= 0.6 is 11.6 Å². The van der Waals surface area contributed by atoms with Crippen molar-refractivity contribution < 1.29 is 32.6 Å². The second kappa shape index (κ2) is 12.4. The maximum atomic E-state index is 14.6. The fraction of sp³-hybridized carbons (Fsp3) is 0.379. The van der Waals surface area contributed by atoms with E-state index < -0.39 is 29.2 Å². The number of alkyl carbamates (subject to hydrolysis) is 1. The molecule has 1 aromatic heterocycles. The van der Waals surface area contributed by atoms with Crippen LogP contribution in [0.1, 0.15) is 54.6 Å². The Bertz CT molecular complexity index is 1510. The first kappa shape index (κ1) is 30.8. The number of imidazole rings is 1. The summed E-state index contributed by atoms with van der Waals surface area (Å²) in [6.45, 7) is 6.22. The Morgan fingerprint density at radius 2 is 1.76 bits per heavy atom. The van der Waals surface area contributed by atoms with Crippen LogP contribution < -0.4 is 15.4 Å². The molecule has 0 aliphatic carbocycles. The smallest absolute Gasteiger partial charge is 0.407 e. The van der Waals surface area contributed by atoms with Crippen molar-refractivity contribution in [2.45, 2.75) is 45.3 Å². The van der Waals surface area contributed by atoms with Gasteiger partial charge in [-0.05, 0) is 63.9 Å². The van der Waals surface area contributed by atoms with E-state index in [0.29, 0.717) is 31.6 Å². The maximum Gasteiger partial charge on any atom is 0.407 e. The van der Waals surface area contributed by atoms with E-state index in [1.165, 1.54) is 55.3 Å². The molecule has 0 unspecified atom stereocenters. The molecule has 0 radical (unpaired) electrons. The number of amides is 3. The molecular weight excluding hydrogens is 572 g/mol. The fourth-order valence-electron chi connectivity index (χ4n) is 4.58. The van der Waals surface area contributed by atoms with E-state index in [4.69, 9.17) is 21.1 Å². The van der Waals surface area contributed by atoms with Gasteiger partial charge < -0.3 is 29.6 Å². The van der Waals surface area contributed by atoms with Crippen molar-refractivity contribution in [2.24, 2.45) is 7.05 Å². The van der Waals surface area contributed by atoms with Crippen LogP contribution in [-0.4, -0.2) is 64.2 Å². The zero-order chi connectivity index (χ0) is 30.8. The summed E-state index contributed by atoms with van der Waals surface area (Å²) < 4.78 is 40.3. The number of methoxy groups -OCH3 is 1. The summed E-state index contributed by atoms with van der Waals surface area (Å²) in [6, 6.07) is 7.02. The Labute approximate surface area is 246 Å². The van der Waals surface area contributed by atoms with E-state index in [-0.39, 0.29) is 45.4 Å². The highest BCUT2D eigenvalue weighted by Gasteiger charge is 2.28. The van der Waals surface area contributed by atoms with Crippen LogP contribution in [0.5, 0.6) is 5.75 Å². The first-order valence-corrected chi connectivity index (χ1v) is 13.6. The quantitative estimate of drug-likeness (QED) is 0.389. The van der Waals surface area contributed by atoms with Crippen LogP contribution in [0.15, 0.2) is 36.5 Å². The summed E-state index contributed by atoms with van der Waals surface area (Å²) in [6.07, 6.45) is 1.90. The van der Waals surface area contributed by atoms with Crippen molar-refractivity contribution in [3.05, 3.63) is 64.6 Å². The minimum atomic E-state index is -1.15. The third-order valence-corrected chi connectivity index (χ3v) is 7.01. The molecule has 1 saturated heterocycles. The van der Waals surface area contributed by atoms with Gasteiger partial charge in [0.15, 0.2) is 17.4 Å². The molecule has 10 nitrogen and oxygen atoms in total. The van der Waals surface area contributed by atoms with Gasteiger partial charge in [0.1, 0.15) is 5.60 Å². The highest BCUT2D eigenvalue weighted by molar-refractivity contribution is 6.34. The standard InChI is InChI=1S/C29H32ClF2N5O5/c1-29(2,3)42-28(40)35-16-10-12-37(13-11-16)27(39)18-7-6-17(14-20(18)30)34-26(38)25-33-15-21(36(25)4)19-8-9-22(41-5)24(32)23(19)31/h6-9,14-16H,10-13H2,1-5H3,(H,34,38)(H,35,40). The Kier molecular flexibility index (Phi) is 9.05. The van der Waals surface area contributed by atoms with Gasteiger partial charge in [0.2, 0.25) is 5.82 Å². The number of halogens is 3. The topological polar surface area (TPSA) is 115 Å². The minimum Gasteiger partial charge on any atom is -0.494 e. The third kappa shape index (κ3) is 6.81. The lowest BCUT2D eigenvalue weighted by Crippen LogP contribution is -2.47. The minimum absolute atomic E-state index is 0.0558. The molecule has 0 saturated carbocycles. The lowest BCUT2D eigenvalue weighted by atomic mass is 10.0. The summed E-state index contributed by atoms with van der Waals surface area (Å²) in [4.78, 5) is 43.9. The fourth-order valence-corrected chi connectivity index (χ4v) is 4.84. The van der Waals surface area contributed by atoms with Crippen molar-refractivity contribution >= 4 is 35.2 Å². The van der Waals surface area contributed by atoms with E-state index >= 15 is 0 Å². The zero-order valence-corrected chi connectivity index (χ0v) is 24.6. The number of nitrogens with zero attached hydrogens (tertiary/aromatic N) is 3. The zero-order valence-electron chi connectivity index (χ0n) is 23.9. The van der Waals surface area contributed by atoms with Crippen LogP contribution in [0.4, 0.5) is 19.3 Å². The SMILES string of the molecule is COc1ccc(-c2cnc(C(=O)Nc3ccc(C(=O)N4CCC(NC(=O)OC(C)(C)C)CC4)c(Cl)c3)n2C)c(F)c1F. The number of carbonyl (C=O) groups is 3. The Morgan fingerprint density at radius 3 is 2.38 bits per heavy atom. The van der Waals surface area contributed by atoms with Crippen molar-refractivity contribution in [3.63, 3.8) is 0 Å². The molecule has 2 aromatic carbocycles. The Balaban J connectivity index is 1.39. The number of hydrogen-bond acceptors (Lipinski definition) is 6. The van der Waals surface area contributed by atoms with Gasteiger partial charge in [-0.3, -0.25) is 9.59 Å². The number of piperidine rings is 1. The second-order valence-corrected chi connectivity index (χ2v) is 11.2. The molecule has 224 valence electrons. The Morgan fingerprint density at radius 1 is 1.07 bits per heavy atom. The molecule has 13 heteroatoms. The molecule has 42 heavy (non-hydrogen) atoms. The van der Waals surface area contributed by atoms with E-state index in [2.05, 4.69) is 15.6 Å². The average Bonchev–Trinajstić information content (AvgIpc) is 3.30. The van der Waals surface area contributed by atoms with Crippen LogP contribution in [0.3, 0.4) is 0 Å². The molecule has 2 N–H and O–H groups in total. The molecule has 0 spiro atoms. The van der Waals surface area contributed by atoms with Gasteiger partial charge in [-0.1, -0.05) is 11.6 Å². The monoisotopic (exact) mass is 603 g/mol. The molecular formula is C29H32ClF2N5O5. The van der Waals surface area contributed by atoms with Gasteiger partial charge in [-0.15, -0.1) is 0 Å². The first-order valence-electron chi connectivity index (χ1n) is 13.2. The maximum absolute atomic E-state index is 14.6. The highest BCUT2D eigenvalue weighted by Crippen LogP contribution is 2.30. The summed E-state index contributed by atoms with van der Waals surface area (Å²) in [7, 11) is 2.73. The van der Waals surface area contributed by atoms with Crippen molar-refractivity contribution in [1.82, 2.24) is 19.8 Å². The average molecular weight is 604 g/mol. The summed E-state index contributed by atoms with van der Waals surface area (Å²) in [5.74, 6) is -3.45. The van der Waals surface area contributed by atoms with Crippen LogP contribution in [0.25, 0.3) is 11.3 Å². The van der Waals surface area contributed by atoms with E-state index in [1.807, 2.05) is 0 Å². The van der Waals surface area contributed by atoms with Crippen molar-refractivity contribution in [1.29, 1.82) is 0 Å². The highest BCUT2D eigenvalue weighted by atomic mass is 35.5. The van der Waals surface area contributed by atoms with Crippen molar-refractivity contribution in [3.8, 4) is 17.0 Å². The molecule has 1 aliphatic rings. The molecule has 0 bridgehead atoms. The number of ether oxygens (including phenoxy) is 2. The van der Waals surface area contributed by atoms with Gasteiger partial charge in [-0.2, -0.15) is 4.39 Å². The largest absolute Gasteiger partial charge is 0.494 e. The van der Waals surface area contributed by atoms with E-state index in [0.717, 1.165) is 0 Å². The summed E-state index contributed by atoms with van der Waals surface area (Å²) in [5, 5.41) is 5.64.